The summed E-state index contributed by atoms with van der Waals surface area (Å²) in [6.45, 7) is 0.742. The van der Waals surface area contributed by atoms with Crippen molar-refractivity contribution in [1.29, 1.82) is 0 Å². The molecule has 1 rings (SSSR count). The van der Waals surface area contributed by atoms with E-state index in [1.807, 2.05) is 6.08 Å². The topological polar surface area (TPSA) is 46.5 Å². The van der Waals surface area contributed by atoms with Crippen LogP contribution in [0.1, 0.15) is 25.7 Å². The molecule has 0 saturated carbocycles. The Balaban J connectivity index is 2.24. The highest BCUT2D eigenvalue weighted by Crippen LogP contribution is 2.14. The van der Waals surface area contributed by atoms with Crippen molar-refractivity contribution in [2.75, 3.05) is 6.61 Å². The van der Waals surface area contributed by atoms with Crippen LogP contribution in [0.3, 0.4) is 0 Å². The first-order chi connectivity index (χ1) is 5.29. The minimum Gasteiger partial charge on any atom is -0.498 e. The van der Waals surface area contributed by atoms with Gasteiger partial charge in [-0.25, -0.2) is 0 Å². The van der Waals surface area contributed by atoms with Crippen molar-refractivity contribution in [3.63, 3.8) is 0 Å². The average Bonchev–Trinajstić information content (AvgIpc) is 2.03. The van der Waals surface area contributed by atoms with Gasteiger partial charge < -0.3 is 9.84 Å². The molecule has 0 amide bonds. The summed E-state index contributed by atoms with van der Waals surface area (Å²) in [4.78, 5) is 10.2. The largest absolute Gasteiger partial charge is 0.498 e. The van der Waals surface area contributed by atoms with Crippen molar-refractivity contribution >= 4 is 5.97 Å². The Morgan fingerprint density at radius 1 is 1.73 bits per heavy atom. The van der Waals surface area contributed by atoms with Crippen LogP contribution in [0.15, 0.2) is 11.8 Å². The van der Waals surface area contributed by atoms with Gasteiger partial charge in [-0.3, -0.25) is 4.79 Å². The quantitative estimate of drug-likeness (QED) is 0.674. The summed E-state index contributed by atoms with van der Waals surface area (Å²) >= 11 is 0. The summed E-state index contributed by atoms with van der Waals surface area (Å²) in [5.74, 6) is 0.0822. The summed E-state index contributed by atoms with van der Waals surface area (Å²) in [5, 5.41) is 8.36. The lowest BCUT2D eigenvalue weighted by Gasteiger charge is -2.13. The van der Waals surface area contributed by atoms with E-state index in [1.54, 1.807) is 0 Å². The Kier molecular flexibility index (Phi) is 2.95. The third-order valence-electron chi connectivity index (χ3n) is 1.59. The SMILES string of the molecule is O=C(O)CCC1=CCCCO1. The summed E-state index contributed by atoms with van der Waals surface area (Å²) < 4.78 is 5.23. The monoisotopic (exact) mass is 156 g/mol. The lowest BCUT2D eigenvalue weighted by molar-refractivity contribution is -0.137. The fraction of sp³-hybridized carbons (Fsp3) is 0.625. The van der Waals surface area contributed by atoms with Crippen molar-refractivity contribution < 1.29 is 14.6 Å². The molecule has 0 saturated heterocycles. The number of ether oxygens (including phenoxy) is 1. The molecular formula is C8H12O3. The Bertz CT molecular complexity index is 172. The standard InChI is InChI=1S/C8H12O3/c9-8(10)5-4-7-3-1-2-6-11-7/h3H,1-2,4-6H2,(H,9,10). The predicted molar refractivity (Wildman–Crippen MR) is 40.1 cm³/mol. The number of hydrogen-bond acceptors (Lipinski definition) is 2. The van der Waals surface area contributed by atoms with Crippen molar-refractivity contribution in [2.24, 2.45) is 0 Å². The second-order valence-electron chi connectivity index (χ2n) is 2.55. The van der Waals surface area contributed by atoms with Crippen LogP contribution in [0, 0.1) is 0 Å². The van der Waals surface area contributed by atoms with Crippen LogP contribution in [0.4, 0.5) is 0 Å². The van der Waals surface area contributed by atoms with Gasteiger partial charge in [0.25, 0.3) is 0 Å². The van der Waals surface area contributed by atoms with Gasteiger partial charge in [0.2, 0.25) is 0 Å². The Labute approximate surface area is 65.7 Å². The molecule has 3 heteroatoms. The number of carboxylic acids is 1. The van der Waals surface area contributed by atoms with E-state index >= 15 is 0 Å². The van der Waals surface area contributed by atoms with Gasteiger partial charge >= 0.3 is 5.97 Å². The average molecular weight is 156 g/mol. The highest BCUT2D eigenvalue weighted by molar-refractivity contribution is 5.66. The van der Waals surface area contributed by atoms with Crippen LogP contribution in [0.25, 0.3) is 0 Å². The Hall–Kier alpha value is -0.990. The second kappa shape index (κ2) is 4.01. The van der Waals surface area contributed by atoms with E-state index in [0.717, 1.165) is 25.2 Å². The highest BCUT2D eigenvalue weighted by atomic mass is 16.5. The van der Waals surface area contributed by atoms with Gasteiger partial charge in [-0.15, -0.1) is 0 Å². The highest BCUT2D eigenvalue weighted by Gasteiger charge is 2.05. The summed E-state index contributed by atoms with van der Waals surface area (Å²) in [6.07, 6.45) is 4.76. The molecule has 0 spiro atoms. The number of carboxylic acid groups (broad SMARTS) is 1. The van der Waals surface area contributed by atoms with Gasteiger partial charge in [-0.1, -0.05) is 0 Å². The molecule has 0 aromatic heterocycles. The smallest absolute Gasteiger partial charge is 0.303 e. The van der Waals surface area contributed by atoms with Crippen LogP contribution in [-0.2, 0) is 9.53 Å². The van der Waals surface area contributed by atoms with Gasteiger partial charge in [0.1, 0.15) is 0 Å². The van der Waals surface area contributed by atoms with Crippen LogP contribution in [0.2, 0.25) is 0 Å². The molecule has 0 atom stereocenters. The maximum absolute atomic E-state index is 10.2. The summed E-state index contributed by atoms with van der Waals surface area (Å²) in [7, 11) is 0. The van der Waals surface area contributed by atoms with Crippen molar-refractivity contribution in [3.05, 3.63) is 11.8 Å². The van der Waals surface area contributed by atoms with Crippen LogP contribution >= 0.6 is 0 Å². The lowest BCUT2D eigenvalue weighted by Crippen LogP contribution is -2.03. The molecule has 0 aliphatic carbocycles. The number of carbonyl (C=O) groups is 1. The van der Waals surface area contributed by atoms with Crippen molar-refractivity contribution in [3.8, 4) is 0 Å². The minimum absolute atomic E-state index is 0.172. The number of hydrogen-bond donors (Lipinski definition) is 1. The number of rotatable bonds is 3. The molecule has 0 aromatic carbocycles. The molecule has 1 N–H and O–H groups in total. The molecule has 1 aliphatic heterocycles. The molecule has 0 aromatic rings. The maximum atomic E-state index is 10.2. The Morgan fingerprint density at radius 2 is 2.55 bits per heavy atom. The molecular weight excluding hydrogens is 144 g/mol. The van der Waals surface area contributed by atoms with E-state index in [1.165, 1.54) is 0 Å². The fourth-order valence-electron chi connectivity index (χ4n) is 1.01. The van der Waals surface area contributed by atoms with Gasteiger partial charge in [0, 0.05) is 6.42 Å². The van der Waals surface area contributed by atoms with E-state index in [9.17, 15) is 4.79 Å². The Morgan fingerprint density at radius 3 is 3.09 bits per heavy atom. The molecule has 3 nitrogen and oxygen atoms in total. The minimum atomic E-state index is -0.764. The zero-order valence-corrected chi connectivity index (χ0v) is 6.38. The number of aliphatic carboxylic acids is 1. The predicted octanol–water partition coefficient (Wildman–Crippen LogP) is 1.55. The molecule has 0 fully saturated rings. The van der Waals surface area contributed by atoms with Gasteiger partial charge in [-0.2, -0.15) is 0 Å². The summed E-state index contributed by atoms with van der Waals surface area (Å²) in [6, 6.07) is 0. The molecule has 1 heterocycles. The molecule has 0 bridgehead atoms. The van der Waals surface area contributed by atoms with E-state index in [-0.39, 0.29) is 6.42 Å². The van der Waals surface area contributed by atoms with Crippen molar-refractivity contribution in [1.82, 2.24) is 0 Å². The van der Waals surface area contributed by atoms with E-state index in [2.05, 4.69) is 0 Å². The fourth-order valence-corrected chi connectivity index (χ4v) is 1.01. The van der Waals surface area contributed by atoms with E-state index in [0.29, 0.717) is 6.42 Å². The van der Waals surface area contributed by atoms with Crippen LogP contribution < -0.4 is 0 Å². The number of allylic oxidation sites excluding steroid dienone is 2. The molecule has 1 aliphatic rings. The molecule has 62 valence electrons. The zero-order valence-electron chi connectivity index (χ0n) is 6.38. The van der Waals surface area contributed by atoms with E-state index in [4.69, 9.17) is 9.84 Å². The molecule has 0 radical (unpaired) electrons. The molecule has 0 unspecified atom stereocenters. The lowest BCUT2D eigenvalue weighted by atomic mass is 10.2. The van der Waals surface area contributed by atoms with Crippen LogP contribution in [-0.4, -0.2) is 17.7 Å². The van der Waals surface area contributed by atoms with E-state index < -0.39 is 5.97 Å². The third-order valence-corrected chi connectivity index (χ3v) is 1.59. The molecule has 11 heavy (non-hydrogen) atoms. The first-order valence-corrected chi connectivity index (χ1v) is 3.82. The zero-order chi connectivity index (χ0) is 8.10. The first-order valence-electron chi connectivity index (χ1n) is 3.82. The summed E-state index contributed by atoms with van der Waals surface area (Å²) in [5.41, 5.74) is 0. The van der Waals surface area contributed by atoms with Gasteiger partial charge in [0.15, 0.2) is 0 Å². The third kappa shape index (κ3) is 3.07. The van der Waals surface area contributed by atoms with Gasteiger partial charge in [-0.05, 0) is 18.9 Å². The normalized spacial score (nSPS) is 16.9. The van der Waals surface area contributed by atoms with Gasteiger partial charge in [0.05, 0.1) is 18.8 Å². The van der Waals surface area contributed by atoms with Crippen molar-refractivity contribution in [2.45, 2.75) is 25.7 Å². The first kappa shape index (κ1) is 8.11. The van der Waals surface area contributed by atoms with Crippen LogP contribution in [0.5, 0.6) is 0 Å². The maximum Gasteiger partial charge on any atom is 0.303 e. The second-order valence-corrected chi connectivity index (χ2v) is 2.55.